The number of hydrogen-bond donors (Lipinski definition) is 1. The maximum absolute atomic E-state index is 12.6. The number of aromatic nitrogens is 2. The minimum atomic E-state index is -0.120. The first-order valence-electron chi connectivity index (χ1n) is 8.43. The number of benzene rings is 2. The first kappa shape index (κ1) is 15.4. The number of rotatable bonds is 4. The normalized spacial score (nSPS) is 12.5. The SMILES string of the molecule is CCn1ccnc1-c1cccc(NC(=O)c2ccc3c(c2)CCO3)c1. The zero-order chi connectivity index (χ0) is 17.2. The van der Waals surface area contributed by atoms with Crippen LogP contribution in [0.4, 0.5) is 5.69 Å². The summed E-state index contributed by atoms with van der Waals surface area (Å²) >= 11 is 0. The number of ether oxygens (including phenoxy) is 1. The van der Waals surface area contributed by atoms with Crippen LogP contribution >= 0.6 is 0 Å². The number of imidazole rings is 1. The molecule has 1 aliphatic rings. The quantitative estimate of drug-likeness (QED) is 0.791. The molecule has 5 nitrogen and oxygen atoms in total. The second-order valence-corrected chi connectivity index (χ2v) is 5.99. The molecule has 2 heterocycles. The Morgan fingerprint density at radius 2 is 2.20 bits per heavy atom. The molecule has 4 rings (SSSR count). The van der Waals surface area contributed by atoms with Gasteiger partial charge in [0.15, 0.2) is 0 Å². The van der Waals surface area contributed by atoms with E-state index in [-0.39, 0.29) is 5.91 Å². The number of aryl methyl sites for hydroxylation is 1. The fourth-order valence-corrected chi connectivity index (χ4v) is 3.09. The van der Waals surface area contributed by atoms with Crippen LogP contribution in [0.3, 0.4) is 0 Å². The molecule has 0 atom stereocenters. The second-order valence-electron chi connectivity index (χ2n) is 5.99. The third-order valence-corrected chi connectivity index (χ3v) is 4.39. The number of hydrogen-bond acceptors (Lipinski definition) is 3. The molecule has 0 aliphatic carbocycles. The minimum Gasteiger partial charge on any atom is -0.493 e. The lowest BCUT2D eigenvalue weighted by Crippen LogP contribution is -2.12. The highest BCUT2D eigenvalue weighted by Gasteiger charge is 2.15. The Kier molecular flexibility index (Phi) is 3.98. The van der Waals surface area contributed by atoms with E-state index in [2.05, 4.69) is 21.8 Å². The van der Waals surface area contributed by atoms with Gasteiger partial charge < -0.3 is 14.6 Å². The zero-order valence-electron chi connectivity index (χ0n) is 14.0. The molecule has 0 spiro atoms. The Morgan fingerprint density at radius 3 is 3.08 bits per heavy atom. The van der Waals surface area contributed by atoms with Gasteiger partial charge in [-0.3, -0.25) is 4.79 Å². The monoisotopic (exact) mass is 333 g/mol. The lowest BCUT2D eigenvalue weighted by molar-refractivity contribution is 0.102. The van der Waals surface area contributed by atoms with Gasteiger partial charge in [-0.2, -0.15) is 0 Å². The summed E-state index contributed by atoms with van der Waals surface area (Å²) in [6.07, 6.45) is 4.59. The van der Waals surface area contributed by atoms with E-state index in [1.54, 1.807) is 12.3 Å². The summed E-state index contributed by atoms with van der Waals surface area (Å²) in [6.45, 7) is 3.62. The standard InChI is InChI=1S/C20H19N3O2/c1-2-23-10-9-21-19(23)15-4-3-5-17(13-15)22-20(24)16-6-7-18-14(12-16)8-11-25-18/h3-7,9-10,12-13H,2,8,11H2,1H3,(H,22,24). The van der Waals surface area contributed by atoms with Gasteiger partial charge in [-0.1, -0.05) is 12.1 Å². The highest BCUT2D eigenvalue weighted by molar-refractivity contribution is 6.04. The molecule has 1 N–H and O–H groups in total. The van der Waals surface area contributed by atoms with Crippen LogP contribution in [0, 0.1) is 0 Å². The zero-order valence-corrected chi connectivity index (χ0v) is 14.0. The number of carbonyl (C=O) groups is 1. The maximum atomic E-state index is 12.6. The van der Waals surface area contributed by atoms with Crippen molar-refractivity contribution >= 4 is 11.6 Å². The molecule has 0 saturated heterocycles. The van der Waals surface area contributed by atoms with Gasteiger partial charge in [0, 0.05) is 42.2 Å². The van der Waals surface area contributed by atoms with E-state index in [9.17, 15) is 4.79 Å². The molecule has 0 fully saturated rings. The van der Waals surface area contributed by atoms with E-state index >= 15 is 0 Å². The van der Waals surface area contributed by atoms with Crippen molar-refractivity contribution < 1.29 is 9.53 Å². The molecule has 2 aromatic carbocycles. The Bertz CT molecular complexity index is 930. The van der Waals surface area contributed by atoms with Crippen molar-refractivity contribution in [2.75, 3.05) is 11.9 Å². The van der Waals surface area contributed by atoms with E-state index in [0.29, 0.717) is 12.2 Å². The largest absolute Gasteiger partial charge is 0.493 e. The smallest absolute Gasteiger partial charge is 0.255 e. The highest BCUT2D eigenvalue weighted by atomic mass is 16.5. The van der Waals surface area contributed by atoms with Crippen molar-refractivity contribution in [3.63, 3.8) is 0 Å². The summed E-state index contributed by atoms with van der Waals surface area (Å²) in [6, 6.07) is 13.3. The topological polar surface area (TPSA) is 56.2 Å². The van der Waals surface area contributed by atoms with Crippen molar-refractivity contribution in [1.82, 2.24) is 9.55 Å². The van der Waals surface area contributed by atoms with Gasteiger partial charge in [0.2, 0.25) is 0 Å². The van der Waals surface area contributed by atoms with Gasteiger partial charge in [-0.05, 0) is 42.8 Å². The van der Waals surface area contributed by atoms with Crippen LogP contribution in [0.1, 0.15) is 22.8 Å². The lowest BCUT2D eigenvalue weighted by Gasteiger charge is -2.09. The van der Waals surface area contributed by atoms with Gasteiger partial charge in [0.05, 0.1) is 6.61 Å². The average molecular weight is 333 g/mol. The maximum Gasteiger partial charge on any atom is 0.255 e. The van der Waals surface area contributed by atoms with Crippen LogP contribution in [0.2, 0.25) is 0 Å². The van der Waals surface area contributed by atoms with Crippen molar-refractivity contribution in [3.8, 4) is 17.1 Å². The van der Waals surface area contributed by atoms with Crippen LogP contribution < -0.4 is 10.1 Å². The lowest BCUT2D eigenvalue weighted by atomic mass is 10.1. The number of carbonyl (C=O) groups excluding carboxylic acids is 1. The molecule has 0 saturated carbocycles. The number of anilines is 1. The third kappa shape index (κ3) is 3.01. The molecule has 3 aromatic rings. The van der Waals surface area contributed by atoms with Gasteiger partial charge in [0.25, 0.3) is 5.91 Å². The van der Waals surface area contributed by atoms with Gasteiger partial charge in [-0.25, -0.2) is 4.98 Å². The van der Waals surface area contributed by atoms with Crippen LogP contribution in [-0.2, 0) is 13.0 Å². The summed E-state index contributed by atoms with van der Waals surface area (Å²) in [5.74, 6) is 1.66. The highest BCUT2D eigenvalue weighted by Crippen LogP contribution is 2.27. The molecule has 0 radical (unpaired) electrons. The Labute approximate surface area is 146 Å². The van der Waals surface area contributed by atoms with Crippen molar-refractivity contribution in [2.45, 2.75) is 19.9 Å². The van der Waals surface area contributed by atoms with Crippen LogP contribution in [0.25, 0.3) is 11.4 Å². The number of amides is 1. The Morgan fingerprint density at radius 1 is 1.28 bits per heavy atom. The van der Waals surface area contributed by atoms with Crippen molar-refractivity contribution in [3.05, 3.63) is 66.0 Å². The molecule has 0 unspecified atom stereocenters. The van der Waals surface area contributed by atoms with Gasteiger partial charge in [-0.15, -0.1) is 0 Å². The number of nitrogens with one attached hydrogen (secondary N) is 1. The summed E-state index contributed by atoms with van der Waals surface area (Å²) < 4.78 is 7.56. The molecule has 5 heteroatoms. The number of fused-ring (bicyclic) bond motifs is 1. The van der Waals surface area contributed by atoms with E-state index in [1.165, 1.54) is 0 Å². The first-order chi connectivity index (χ1) is 12.2. The van der Waals surface area contributed by atoms with Gasteiger partial charge in [0.1, 0.15) is 11.6 Å². The Hall–Kier alpha value is -3.08. The van der Waals surface area contributed by atoms with E-state index in [1.807, 2.05) is 42.6 Å². The molecule has 1 aromatic heterocycles. The number of nitrogens with zero attached hydrogens (tertiary/aromatic N) is 2. The predicted molar refractivity (Wildman–Crippen MR) is 96.9 cm³/mol. The van der Waals surface area contributed by atoms with E-state index < -0.39 is 0 Å². The van der Waals surface area contributed by atoms with Crippen molar-refractivity contribution in [2.24, 2.45) is 0 Å². The summed E-state index contributed by atoms with van der Waals surface area (Å²) in [4.78, 5) is 17.0. The van der Waals surface area contributed by atoms with Gasteiger partial charge >= 0.3 is 0 Å². The average Bonchev–Trinajstić information content (AvgIpc) is 3.30. The second kappa shape index (κ2) is 6.43. The molecule has 126 valence electrons. The molecular formula is C20H19N3O2. The molecule has 0 bridgehead atoms. The molecule has 1 amide bonds. The van der Waals surface area contributed by atoms with Crippen LogP contribution in [-0.4, -0.2) is 22.1 Å². The van der Waals surface area contributed by atoms with Crippen LogP contribution in [0.15, 0.2) is 54.9 Å². The molecule has 1 aliphatic heterocycles. The minimum absolute atomic E-state index is 0.120. The van der Waals surface area contributed by atoms with Crippen LogP contribution in [0.5, 0.6) is 5.75 Å². The summed E-state index contributed by atoms with van der Waals surface area (Å²) in [5, 5.41) is 2.97. The third-order valence-electron chi connectivity index (χ3n) is 4.39. The predicted octanol–water partition coefficient (Wildman–Crippen LogP) is 3.76. The Balaban J connectivity index is 1.57. The molecular weight excluding hydrogens is 314 g/mol. The fraction of sp³-hybridized carbons (Fsp3) is 0.200. The molecule has 25 heavy (non-hydrogen) atoms. The summed E-state index contributed by atoms with van der Waals surface area (Å²) in [7, 11) is 0. The summed E-state index contributed by atoms with van der Waals surface area (Å²) in [5.41, 5.74) is 3.47. The van der Waals surface area contributed by atoms with E-state index in [4.69, 9.17) is 4.74 Å². The van der Waals surface area contributed by atoms with Crippen molar-refractivity contribution in [1.29, 1.82) is 0 Å². The van der Waals surface area contributed by atoms with E-state index in [0.717, 1.165) is 41.4 Å². The fourth-order valence-electron chi connectivity index (χ4n) is 3.09. The first-order valence-corrected chi connectivity index (χ1v) is 8.43.